The van der Waals surface area contributed by atoms with Crippen LogP contribution in [-0.2, 0) is 35.2 Å². The van der Waals surface area contributed by atoms with Gasteiger partial charge in [-0.15, -0.1) is 69.1 Å². The molecule has 0 saturated heterocycles. The molecule has 264 valence electrons. The third-order valence-electron chi connectivity index (χ3n) is 9.30. The van der Waals surface area contributed by atoms with Gasteiger partial charge in [0.25, 0.3) is 0 Å². The Morgan fingerprint density at radius 1 is 0.700 bits per heavy atom. The van der Waals surface area contributed by atoms with Crippen LogP contribution in [0, 0.1) is 0 Å². The minimum Gasteiger partial charge on any atom is -1.00 e. The predicted molar refractivity (Wildman–Crippen MR) is 217 cm³/mol. The summed E-state index contributed by atoms with van der Waals surface area (Å²) in [4.78, 5) is 0. The quantitative estimate of drug-likeness (QED) is 0.124. The van der Waals surface area contributed by atoms with E-state index in [1.165, 1.54) is 72.1 Å². The molecule has 0 nitrogen and oxygen atoms in total. The molecule has 6 aromatic rings. The first-order valence-corrected chi connectivity index (χ1v) is 27.4. The van der Waals surface area contributed by atoms with E-state index in [-0.39, 0.29) is 35.7 Å². The molecule has 0 saturated carbocycles. The predicted octanol–water partition coefficient (Wildman–Crippen LogP) is 7.16. The summed E-state index contributed by atoms with van der Waals surface area (Å²) in [7, 11) is -1.21. The van der Waals surface area contributed by atoms with Gasteiger partial charge in [0.2, 0.25) is 0 Å². The average molecular weight is 815 g/mol. The first-order valence-electron chi connectivity index (χ1n) is 17.7. The van der Waals surface area contributed by atoms with Crippen molar-refractivity contribution >= 4 is 40.2 Å². The Balaban J connectivity index is 0.000000303. The van der Waals surface area contributed by atoms with Gasteiger partial charge in [0.15, 0.2) is 0 Å². The summed E-state index contributed by atoms with van der Waals surface area (Å²) in [5.41, 5.74) is 10.0. The van der Waals surface area contributed by atoms with Crippen molar-refractivity contribution in [2.24, 2.45) is 0 Å². The number of fused-ring (bicyclic) bond motifs is 2. The van der Waals surface area contributed by atoms with Crippen molar-refractivity contribution in [3.05, 3.63) is 126 Å². The SMILES string of the molecule is CCC(C)c1cc2c(-c3ccc(C(C)(C)C)cc3)cccc2[cH-]1.CCc1cc2c(-c3ccc([Si](C)(C)C)cc3)cccc2[cH-]1.C[Si](C)=[Zr+2].[Cl-].[Cl-]. The first kappa shape index (κ1) is 44.2. The van der Waals surface area contributed by atoms with Crippen molar-refractivity contribution in [2.75, 3.05) is 0 Å². The van der Waals surface area contributed by atoms with Gasteiger partial charge in [0.05, 0.1) is 8.07 Å². The molecule has 0 aromatic heterocycles. The second kappa shape index (κ2) is 19.2. The molecule has 6 rings (SSSR count). The zero-order valence-corrected chi connectivity index (χ0v) is 38.1. The van der Waals surface area contributed by atoms with Gasteiger partial charge in [-0.2, -0.15) is 12.1 Å². The van der Waals surface area contributed by atoms with Gasteiger partial charge < -0.3 is 24.8 Å². The topological polar surface area (TPSA) is 0 Å². The first-order chi connectivity index (χ1) is 22.6. The zero-order valence-electron chi connectivity index (χ0n) is 32.1. The van der Waals surface area contributed by atoms with Crippen molar-refractivity contribution in [1.82, 2.24) is 0 Å². The summed E-state index contributed by atoms with van der Waals surface area (Å²) in [6, 6.07) is 41.0. The van der Waals surface area contributed by atoms with Crippen LogP contribution in [0.4, 0.5) is 0 Å². The van der Waals surface area contributed by atoms with E-state index in [0.717, 1.165) is 6.42 Å². The number of benzene rings is 4. The smallest absolute Gasteiger partial charge is 1.00 e. The maximum absolute atomic E-state index is 2.40. The molecule has 0 aliphatic heterocycles. The third kappa shape index (κ3) is 11.5. The van der Waals surface area contributed by atoms with Gasteiger partial charge >= 0.3 is 41.9 Å². The van der Waals surface area contributed by atoms with Crippen molar-refractivity contribution < 1.29 is 48.1 Å². The van der Waals surface area contributed by atoms with Crippen LogP contribution >= 0.6 is 0 Å². The van der Waals surface area contributed by atoms with E-state index in [2.05, 4.69) is 183 Å². The van der Waals surface area contributed by atoms with E-state index >= 15 is 0 Å². The fraction of sp³-hybridized carbons (Fsp3) is 0.333. The fourth-order valence-corrected chi connectivity index (χ4v) is 7.25. The molecule has 0 amide bonds. The van der Waals surface area contributed by atoms with Gasteiger partial charge in [-0.1, -0.05) is 145 Å². The Kier molecular flexibility index (Phi) is 16.9. The zero-order chi connectivity index (χ0) is 35.2. The van der Waals surface area contributed by atoms with Gasteiger partial charge in [-0.25, -0.2) is 0 Å². The molecule has 50 heavy (non-hydrogen) atoms. The van der Waals surface area contributed by atoms with Crippen molar-refractivity contribution in [3.8, 4) is 22.3 Å². The van der Waals surface area contributed by atoms with Crippen LogP contribution in [0.2, 0.25) is 32.7 Å². The molecule has 0 heterocycles. The van der Waals surface area contributed by atoms with Crippen LogP contribution in [0.25, 0.3) is 43.8 Å². The molecular weight excluding hydrogens is 759 g/mol. The molecule has 0 radical (unpaired) electrons. The van der Waals surface area contributed by atoms with Crippen molar-refractivity contribution in [3.63, 3.8) is 0 Å². The van der Waals surface area contributed by atoms with E-state index in [0.29, 0.717) is 5.92 Å². The van der Waals surface area contributed by atoms with Crippen LogP contribution in [0.1, 0.15) is 70.6 Å². The Labute approximate surface area is 332 Å². The van der Waals surface area contributed by atoms with Crippen LogP contribution < -0.4 is 30.0 Å². The van der Waals surface area contributed by atoms with Crippen molar-refractivity contribution in [2.45, 2.75) is 98.5 Å². The monoisotopic (exact) mass is 812 g/mol. The Bertz CT molecular complexity index is 1950. The summed E-state index contributed by atoms with van der Waals surface area (Å²) < 4.78 is 0. The maximum atomic E-state index is 2.40. The van der Waals surface area contributed by atoms with Gasteiger partial charge in [-0.05, 0) is 34.4 Å². The van der Waals surface area contributed by atoms with E-state index in [1.54, 1.807) is 23.3 Å². The molecule has 0 aliphatic rings. The molecule has 0 aliphatic carbocycles. The largest absolute Gasteiger partial charge is 1.00 e. The Morgan fingerprint density at radius 3 is 1.60 bits per heavy atom. The van der Waals surface area contributed by atoms with Crippen LogP contribution in [0.5, 0.6) is 0 Å². The van der Waals surface area contributed by atoms with E-state index < -0.39 is 8.07 Å². The second-order valence-corrected chi connectivity index (χ2v) is 30.0. The summed E-state index contributed by atoms with van der Waals surface area (Å²) >= 11 is 1.74. The van der Waals surface area contributed by atoms with E-state index in [4.69, 9.17) is 0 Å². The summed E-state index contributed by atoms with van der Waals surface area (Å²) in [6.45, 7) is 25.4. The molecule has 0 bridgehead atoms. The average Bonchev–Trinajstić information content (AvgIpc) is 3.68. The molecule has 0 fully saturated rings. The number of rotatable bonds is 6. The number of aryl methyl sites for hydroxylation is 1. The molecule has 1 unspecified atom stereocenters. The van der Waals surface area contributed by atoms with Crippen LogP contribution in [-0.4, -0.2) is 13.5 Å². The van der Waals surface area contributed by atoms with Crippen molar-refractivity contribution in [1.29, 1.82) is 0 Å². The number of halogens is 2. The Morgan fingerprint density at radius 2 is 1.16 bits per heavy atom. The van der Waals surface area contributed by atoms with E-state index in [1.807, 2.05) is 0 Å². The van der Waals surface area contributed by atoms with Crippen LogP contribution in [0.15, 0.2) is 109 Å². The van der Waals surface area contributed by atoms with Gasteiger partial charge in [0.1, 0.15) is 0 Å². The fourth-order valence-electron chi connectivity index (χ4n) is 6.08. The molecular formula is C45H56Cl2Si2Zr-2. The molecule has 0 N–H and O–H groups in total. The maximum Gasteiger partial charge on any atom is -1.00 e. The standard InChI is InChI=1S/C23H27.C20H23Si.C2H6Si.2ClH.Zr/c1-6-16(2)19-14-18-8-7-9-21(22(18)15-19)17-10-12-20(13-11-17)23(3,4)5;1-5-15-13-17-7-6-8-19(20(17)14-15)16-9-11-18(12-10-16)21(2,3)4;1-3-2;;;/h7-16H,6H2,1-5H3;6-14H,5H2,1-4H3;1-2H3;2*1H;/q2*-1;;;;+2/p-2. The van der Waals surface area contributed by atoms with E-state index in [9.17, 15) is 0 Å². The normalized spacial score (nSPS) is 11.8. The molecule has 0 spiro atoms. The third-order valence-corrected chi connectivity index (χ3v) is 11.4. The van der Waals surface area contributed by atoms with Gasteiger partial charge in [-0.3, -0.25) is 0 Å². The molecule has 6 aromatic carbocycles. The number of hydrogen-bond acceptors (Lipinski definition) is 0. The molecule has 1 atom stereocenters. The molecule has 5 heteroatoms. The van der Waals surface area contributed by atoms with Gasteiger partial charge in [0, 0.05) is 0 Å². The number of hydrogen-bond donors (Lipinski definition) is 0. The summed E-state index contributed by atoms with van der Waals surface area (Å²) in [6.07, 6.45) is 2.29. The Hall–Kier alpha value is -2.00. The summed E-state index contributed by atoms with van der Waals surface area (Å²) in [5, 5.41) is 7.01. The van der Waals surface area contributed by atoms with Crippen LogP contribution in [0.3, 0.4) is 0 Å². The summed E-state index contributed by atoms with van der Waals surface area (Å²) in [5.74, 6) is 0.624. The minimum absolute atomic E-state index is 0. The second-order valence-electron chi connectivity index (χ2n) is 15.6. The minimum atomic E-state index is -1.21.